The van der Waals surface area contributed by atoms with Crippen LogP contribution in [0.2, 0.25) is 0 Å². The molecule has 0 bridgehead atoms. The lowest BCUT2D eigenvalue weighted by molar-refractivity contribution is -0.139. The molecule has 0 aromatic heterocycles. The van der Waals surface area contributed by atoms with E-state index in [1.165, 1.54) is 31.3 Å². The summed E-state index contributed by atoms with van der Waals surface area (Å²) in [5.74, 6) is 0.723. The molecule has 1 aliphatic rings. The summed E-state index contributed by atoms with van der Waals surface area (Å²) < 4.78 is 16.2. The number of nitrogens with two attached hydrogens (primary N) is 1. The molecule has 0 aliphatic carbocycles. The van der Waals surface area contributed by atoms with Gasteiger partial charge in [-0.25, -0.2) is 0 Å². The Labute approximate surface area is 146 Å². The van der Waals surface area contributed by atoms with Gasteiger partial charge in [0.15, 0.2) is 11.5 Å². The summed E-state index contributed by atoms with van der Waals surface area (Å²) in [6.07, 6.45) is 6.79. The second-order valence-electron chi connectivity index (χ2n) is 5.24. The van der Waals surface area contributed by atoms with Crippen molar-refractivity contribution in [2.45, 2.75) is 6.42 Å². The summed E-state index contributed by atoms with van der Waals surface area (Å²) in [6, 6.07) is 3.44. The summed E-state index contributed by atoms with van der Waals surface area (Å²) in [7, 11) is 3.03. The number of hydrogen-bond acceptors (Lipinski definition) is 6. The molecule has 2 amide bonds. The first-order chi connectivity index (χ1) is 12.1. The van der Waals surface area contributed by atoms with Gasteiger partial charge in [-0.2, -0.15) is 0 Å². The van der Waals surface area contributed by atoms with Gasteiger partial charge in [-0.05, 0) is 36.3 Å². The topological polar surface area (TPSA) is 91.1 Å². The smallest absolute Gasteiger partial charge is 0.253 e. The molecule has 7 nitrogen and oxygen atoms in total. The number of hydrogen-bond donors (Lipinski definition) is 1. The van der Waals surface area contributed by atoms with E-state index in [-0.39, 0.29) is 11.8 Å². The molecule has 0 fully saturated rings. The van der Waals surface area contributed by atoms with Gasteiger partial charge in [-0.15, -0.1) is 0 Å². The van der Waals surface area contributed by atoms with E-state index in [0.29, 0.717) is 48.9 Å². The first-order valence-electron chi connectivity index (χ1n) is 7.89. The number of carbonyl (C=O) groups is 2. The predicted octanol–water partition coefficient (Wildman–Crippen LogP) is 1.37. The molecule has 0 unspecified atom stereocenters. The van der Waals surface area contributed by atoms with Crippen molar-refractivity contribution in [3.8, 4) is 17.2 Å². The molecular weight excluding hydrogens is 324 g/mol. The van der Waals surface area contributed by atoms with E-state index in [2.05, 4.69) is 0 Å². The van der Waals surface area contributed by atoms with Crippen LogP contribution in [0.5, 0.6) is 17.2 Å². The summed E-state index contributed by atoms with van der Waals surface area (Å²) >= 11 is 0. The molecule has 7 heteroatoms. The zero-order chi connectivity index (χ0) is 18.2. The molecular formula is C18H22N2O5. The molecule has 0 saturated heterocycles. The number of methoxy groups -OCH3 is 2. The third kappa shape index (κ3) is 4.60. The molecule has 1 aliphatic heterocycles. The Morgan fingerprint density at radius 3 is 2.52 bits per heavy atom. The maximum absolute atomic E-state index is 12.2. The quantitative estimate of drug-likeness (QED) is 0.750. The number of amides is 2. The fraction of sp³-hybridized carbons (Fsp3) is 0.333. The highest BCUT2D eigenvalue weighted by atomic mass is 16.5. The Hall–Kier alpha value is -2.80. The number of ether oxygens (including phenoxy) is 3. The highest BCUT2D eigenvalue weighted by Crippen LogP contribution is 2.38. The van der Waals surface area contributed by atoms with Crippen molar-refractivity contribution in [2.24, 2.45) is 5.73 Å². The molecule has 1 heterocycles. The summed E-state index contributed by atoms with van der Waals surface area (Å²) in [4.78, 5) is 25.1. The Kier molecular flexibility index (Phi) is 6.59. The van der Waals surface area contributed by atoms with E-state index in [1.807, 2.05) is 0 Å². The van der Waals surface area contributed by atoms with Gasteiger partial charge in [0.1, 0.15) is 6.61 Å². The Morgan fingerprint density at radius 2 is 1.96 bits per heavy atom. The van der Waals surface area contributed by atoms with Crippen LogP contribution in [0, 0.1) is 0 Å². The second kappa shape index (κ2) is 8.89. The molecule has 2 N–H and O–H groups in total. The summed E-state index contributed by atoms with van der Waals surface area (Å²) in [6.45, 7) is 1.07. The van der Waals surface area contributed by atoms with Crippen LogP contribution in [-0.4, -0.2) is 50.6 Å². The minimum atomic E-state index is -0.365. The zero-order valence-corrected chi connectivity index (χ0v) is 14.4. The molecule has 0 saturated carbocycles. The SMILES string of the molecule is COc1cc(/C=C/C(=O)N2CCC=CC2=O)cc(OC)c1OCCN. The van der Waals surface area contributed by atoms with Crippen LogP contribution < -0.4 is 19.9 Å². The predicted molar refractivity (Wildman–Crippen MR) is 93.6 cm³/mol. The number of benzene rings is 1. The fourth-order valence-electron chi connectivity index (χ4n) is 2.36. The minimum absolute atomic E-state index is 0.304. The molecule has 2 rings (SSSR count). The zero-order valence-electron chi connectivity index (χ0n) is 14.4. The maximum Gasteiger partial charge on any atom is 0.253 e. The maximum atomic E-state index is 12.2. The molecule has 25 heavy (non-hydrogen) atoms. The molecule has 134 valence electrons. The van der Waals surface area contributed by atoms with Gasteiger partial charge in [0.2, 0.25) is 5.75 Å². The van der Waals surface area contributed by atoms with Gasteiger partial charge in [-0.1, -0.05) is 6.08 Å². The Bertz CT molecular complexity index is 672. The van der Waals surface area contributed by atoms with Crippen molar-refractivity contribution in [3.05, 3.63) is 35.9 Å². The summed E-state index contributed by atoms with van der Waals surface area (Å²) in [5.41, 5.74) is 6.14. The van der Waals surface area contributed by atoms with Gasteiger partial charge < -0.3 is 19.9 Å². The van der Waals surface area contributed by atoms with Crippen LogP contribution in [0.3, 0.4) is 0 Å². The number of carbonyl (C=O) groups excluding carboxylic acids is 2. The molecule has 0 spiro atoms. The van der Waals surface area contributed by atoms with E-state index in [9.17, 15) is 9.59 Å². The van der Waals surface area contributed by atoms with E-state index in [1.54, 1.807) is 24.3 Å². The lowest BCUT2D eigenvalue weighted by atomic mass is 10.1. The monoisotopic (exact) mass is 346 g/mol. The largest absolute Gasteiger partial charge is 0.493 e. The normalized spacial score (nSPS) is 14.0. The van der Waals surface area contributed by atoms with Gasteiger partial charge in [-0.3, -0.25) is 14.5 Å². The molecule has 1 aromatic rings. The van der Waals surface area contributed by atoms with Gasteiger partial charge in [0, 0.05) is 19.2 Å². The third-order valence-corrected chi connectivity index (χ3v) is 3.58. The Morgan fingerprint density at radius 1 is 1.28 bits per heavy atom. The van der Waals surface area contributed by atoms with E-state index < -0.39 is 0 Å². The first-order valence-corrected chi connectivity index (χ1v) is 7.89. The van der Waals surface area contributed by atoms with Gasteiger partial charge in [0.25, 0.3) is 11.8 Å². The standard InChI is InChI=1S/C18H22N2O5/c1-23-14-11-13(12-15(24-2)18(14)25-10-8-19)6-7-17(22)20-9-4-3-5-16(20)21/h3,5-7,11-12H,4,8-10,19H2,1-2H3/b7-6+. The fourth-order valence-corrected chi connectivity index (χ4v) is 2.36. The highest BCUT2D eigenvalue weighted by molar-refractivity contribution is 6.06. The van der Waals surface area contributed by atoms with E-state index in [0.717, 1.165) is 0 Å². The Balaban J connectivity index is 2.22. The average molecular weight is 346 g/mol. The van der Waals surface area contributed by atoms with Crippen LogP contribution in [0.1, 0.15) is 12.0 Å². The van der Waals surface area contributed by atoms with Crippen LogP contribution in [0.25, 0.3) is 6.08 Å². The van der Waals surface area contributed by atoms with Gasteiger partial charge >= 0.3 is 0 Å². The van der Waals surface area contributed by atoms with Crippen LogP contribution in [-0.2, 0) is 9.59 Å². The van der Waals surface area contributed by atoms with E-state index >= 15 is 0 Å². The van der Waals surface area contributed by atoms with Gasteiger partial charge in [0.05, 0.1) is 14.2 Å². The van der Waals surface area contributed by atoms with Crippen LogP contribution >= 0.6 is 0 Å². The number of nitrogens with zero attached hydrogens (tertiary/aromatic N) is 1. The second-order valence-corrected chi connectivity index (χ2v) is 5.24. The number of rotatable bonds is 7. The van der Waals surface area contributed by atoms with Crippen molar-refractivity contribution in [3.63, 3.8) is 0 Å². The molecule has 0 radical (unpaired) electrons. The molecule has 1 aromatic carbocycles. The average Bonchev–Trinajstić information content (AvgIpc) is 2.64. The van der Waals surface area contributed by atoms with E-state index in [4.69, 9.17) is 19.9 Å². The minimum Gasteiger partial charge on any atom is -0.493 e. The van der Waals surface area contributed by atoms with Crippen molar-refractivity contribution in [1.29, 1.82) is 0 Å². The lowest BCUT2D eigenvalue weighted by Crippen LogP contribution is -2.37. The van der Waals surface area contributed by atoms with Crippen molar-refractivity contribution in [1.82, 2.24) is 4.90 Å². The van der Waals surface area contributed by atoms with Crippen molar-refractivity contribution < 1.29 is 23.8 Å². The number of imide groups is 1. The third-order valence-electron chi connectivity index (χ3n) is 3.58. The highest BCUT2D eigenvalue weighted by Gasteiger charge is 2.19. The molecule has 0 atom stereocenters. The van der Waals surface area contributed by atoms with Crippen molar-refractivity contribution >= 4 is 17.9 Å². The van der Waals surface area contributed by atoms with Crippen LogP contribution in [0.4, 0.5) is 0 Å². The first kappa shape index (κ1) is 18.5. The van der Waals surface area contributed by atoms with Crippen LogP contribution in [0.15, 0.2) is 30.4 Å². The summed E-state index contributed by atoms with van der Waals surface area (Å²) in [5, 5.41) is 0. The van der Waals surface area contributed by atoms with Crippen molar-refractivity contribution in [2.75, 3.05) is 33.9 Å². The lowest BCUT2D eigenvalue weighted by Gasteiger charge is -2.19.